The molecule has 10 nitrogen and oxygen atoms in total. The molecule has 0 saturated carbocycles. The summed E-state index contributed by atoms with van der Waals surface area (Å²) in [6, 6.07) is 4.96. The van der Waals surface area contributed by atoms with Gasteiger partial charge in [0, 0.05) is 31.8 Å². The molecule has 1 fully saturated rings. The number of hydrogen-bond donors (Lipinski definition) is 3. The van der Waals surface area contributed by atoms with E-state index in [-0.39, 0.29) is 23.8 Å². The lowest BCUT2D eigenvalue weighted by Gasteiger charge is -2.15. The molecule has 1 aromatic heterocycles. The molecule has 2 amide bonds. The Morgan fingerprint density at radius 1 is 1.23 bits per heavy atom. The largest absolute Gasteiger partial charge is 0.497 e. The summed E-state index contributed by atoms with van der Waals surface area (Å²) in [5.74, 6) is 6.76. The number of ether oxygens (including phenoxy) is 2. The number of nitrogens with zero attached hydrogens (tertiary/aromatic N) is 3. The van der Waals surface area contributed by atoms with Gasteiger partial charge in [-0.3, -0.25) is 4.79 Å². The fourth-order valence-electron chi connectivity index (χ4n) is 3.39. The molecule has 1 saturated heterocycles. The quantitative estimate of drug-likeness (QED) is 0.631. The maximum atomic E-state index is 12.1. The van der Waals surface area contributed by atoms with Gasteiger partial charge in [-0.1, -0.05) is 5.92 Å². The Labute approximate surface area is 173 Å². The maximum Gasteiger partial charge on any atom is 0.407 e. The molecule has 0 unspecified atom stereocenters. The molecule has 2 heterocycles. The van der Waals surface area contributed by atoms with Crippen LogP contribution in [0.1, 0.15) is 34.1 Å². The predicted octanol–water partition coefficient (Wildman–Crippen LogP) is 1.37. The molecule has 3 rings (SSSR count). The average molecular weight is 413 g/mol. The van der Waals surface area contributed by atoms with E-state index in [2.05, 4.69) is 22.3 Å². The third-order valence-electron chi connectivity index (χ3n) is 4.85. The van der Waals surface area contributed by atoms with Gasteiger partial charge in [-0.15, -0.1) is 0 Å². The summed E-state index contributed by atoms with van der Waals surface area (Å²) in [7, 11) is 4.73. The number of methoxy groups -OCH3 is 2. The first kappa shape index (κ1) is 20.9. The Hall–Kier alpha value is -3.87. The number of nitrogens with one attached hydrogen (secondary N) is 1. The number of aromatic nitrogens is 2. The van der Waals surface area contributed by atoms with E-state index in [9.17, 15) is 14.7 Å². The normalized spacial score (nSPS) is 15.3. The van der Waals surface area contributed by atoms with Gasteiger partial charge in [0.2, 0.25) is 0 Å². The van der Waals surface area contributed by atoms with Crippen molar-refractivity contribution < 1.29 is 24.2 Å². The van der Waals surface area contributed by atoms with Crippen LogP contribution in [-0.4, -0.2) is 66.1 Å². The Morgan fingerprint density at radius 3 is 2.40 bits per heavy atom. The van der Waals surface area contributed by atoms with E-state index in [0.717, 1.165) is 0 Å². The summed E-state index contributed by atoms with van der Waals surface area (Å²) >= 11 is 0. The van der Waals surface area contributed by atoms with Crippen LogP contribution in [0.15, 0.2) is 18.2 Å². The second kappa shape index (κ2) is 8.65. The van der Waals surface area contributed by atoms with E-state index >= 15 is 0 Å². The molecule has 4 N–H and O–H groups in total. The number of nitrogens with two attached hydrogens (primary N) is 1. The van der Waals surface area contributed by atoms with Crippen LogP contribution in [0.5, 0.6) is 11.5 Å². The number of rotatable bonds is 5. The number of primary amides is 1. The molecule has 0 radical (unpaired) electrons. The predicted molar refractivity (Wildman–Crippen MR) is 109 cm³/mol. The molecule has 0 spiro atoms. The summed E-state index contributed by atoms with van der Waals surface area (Å²) in [6.07, 6.45) is -0.418. The third-order valence-corrected chi connectivity index (χ3v) is 4.85. The van der Waals surface area contributed by atoms with Gasteiger partial charge < -0.3 is 30.5 Å². The smallest absolute Gasteiger partial charge is 0.407 e. The number of anilines is 1. The van der Waals surface area contributed by atoms with Crippen LogP contribution in [0.3, 0.4) is 0 Å². The van der Waals surface area contributed by atoms with Crippen LogP contribution in [0.2, 0.25) is 0 Å². The zero-order chi connectivity index (χ0) is 21.8. The molecule has 1 aromatic carbocycles. The summed E-state index contributed by atoms with van der Waals surface area (Å²) < 4.78 is 12.1. The van der Waals surface area contributed by atoms with Gasteiger partial charge in [0.1, 0.15) is 22.9 Å². The maximum absolute atomic E-state index is 12.1. The van der Waals surface area contributed by atoms with Gasteiger partial charge in [-0.2, -0.15) is 5.10 Å². The lowest BCUT2D eigenvalue weighted by atomic mass is 10.1. The van der Waals surface area contributed by atoms with Gasteiger partial charge in [-0.25, -0.2) is 9.48 Å². The van der Waals surface area contributed by atoms with Crippen LogP contribution in [-0.2, 0) is 0 Å². The highest BCUT2D eigenvalue weighted by atomic mass is 16.5. The van der Waals surface area contributed by atoms with Crippen molar-refractivity contribution in [3.8, 4) is 23.3 Å². The number of hydrogen-bond acceptors (Lipinski definition) is 6. The monoisotopic (exact) mass is 413 g/mol. The molecule has 2 aromatic rings. The Morgan fingerprint density at radius 2 is 1.90 bits per heavy atom. The number of benzene rings is 1. The molecular weight excluding hydrogens is 390 g/mol. The van der Waals surface area contributed by atoms with E-state index in [1.165, 1.54) is 4.90 Å². The third kappa shape index (κ3) is 4.10. The number of carbonyl (C=O) groups excluding carboxylic acids is 1. The van der Waals surface area contributed by atoms with Crippen molar-refractivity contribution in [2.45, 2.75) is 12.5 Å². The highest BCUT2D eigenvalue weighted by Crippen LogP contribution is 2.29. The van der Waals surface area contributed by atoms with Gasteiger partial charge in [0.25, 0.3) is 5.91 Å². The van der Waals surface area contributed by atoms with Gasteiger partial charge in [0.15, 0.2) is 5.69 Å². The molecule has 1 atom stereocenters. The van der Waals surface area contributed by atoms with Crippen LogP contribution in [0.4, 0.5) is 10.6 Å². The van der Waals surface area contributed by atoms with Crippen molar-refractivity contribution in [3.63, 3.8) is 0 Å². The van der Waals surface area contributed by atoms with Crippen LogP contribution < -0.4 is 20.5 Å². The van der Waals surface area contributed by atoms with Gasteiger partial charge in [-0.05, 0) is 24.5 Å². The number of carboxylic acid groups (broad SMARTS) is 1. The molecule has 158 valence electrons. The zero-order valence-electron chi connectivity index (χ0n) is 16.9. The highest BCUT2D eigenvalue weighted by Gasteiger charge is 2.31. The molecule has 0 aliphatic carbocycles. The Kier molecular flexibility index (Phi) is 6.01. The number of carbonyl (C=O) groups is 2. The zero-order valence-corrected chi connectivity index (χ0v) is 16.9. The van der Waals surface area contributed by atoms with E-state index in [1.54, 1.807) is 44.1 Å². The standard InChI is InChI=1S/C20H23N5O5/c1-22-19-17(18(21)26)16(23-25(19)13-6-7-24(11-13)20(27)28)5-4-12-8-14(29-2)10-15(9-12)30-3/h8-10,13,22H,6-7,11H2,1-3H3,(H2,21,26)(H,27,28)/t13-/m0/s1. The topological polar surface area (TPSA) is 132 Å². The molecule has 30 heavy (non-hydrogen) atoms. The van der Waals surface area contributed by atoms with E-state index in [1.807, 2.05) is 0 Å². The first-order valence-corrected chi connectivity index (χ1v) is 9.21. The van der Waals surface area contributed by atoms with Crippen molar-refractivity contribution in [2.24, 2.45) is 5.73 Å². The first-order chi connectivity index (χ1) is 14.4. The second-order valence-corrected chi connectivity index (χ2v) is 6.65. The lowest BCUT2D eigenvalue weighted by Crippen LogP contribution is -2.27. The minimum atomic E-state index is -0.988. The molecule has 0 bridgehead atoms. The number of amides is 2. The second-order valence-electron chi connectivity index (χ2n) is 6.65. The Balaban J connectivity index is 2.02. The van der Waals surface area contributed by atoms with Crippen molar-refractivity contribution in [1.82, 2.24) is 14.7 Å². The molecule has 1 aliphatic heterocycles. The summed E-state index contributed by atoms with van der Waals surface area (Å²) in [5.41, 5.74) is 6.58. The van der Waals surface area contributed by atoms with E-state index in [0.29, 0.717) is 35.8 Å². The SMILES string of the molecule is CNc1c(C(N)=O)c(C#Cc2cc(OC)cc(OC)c2)nn1[C@H]1CCN(C(=O)O)C1. The fourth-order valence-corrected chi connectivity index (χ4v) is 3.39. The first-order valence-electron chi connectivity index (χ1n) is 9.21. The summed E-state index contributed by atoms with van der Waals surface area (Å²) in [4.78, 5) is 24.7. The van der Waals surface area contributed by atoms with Crippen molar-refractivity contribution in [2.75, 3.05) is 39.7 Å². The van der Waals surface area contributed by atoms with Crippen molar-refractivity contribution in [3.05, 3.63) is 35.0 Å². The van der Waals surface area contributed by atoms with E-state index in [4.69, 9.17) is 15.2 Å². The lowest BCUT2D eigenvalue weighted by molar-refractivity contribution is 0.100. The van der Waals surface area contributed by atoms with Crippen molar-refractivity contribution >= 4 is 17.8 Å². The number of likely N-dealkylation sites (tertiary alicyclic amines) is 1. The molecular formula is C20H23N5O5. The highest BCUT2D eigenvalue weighted by molar-refractivity contribution is 6.00. The van der Waals surface area contributed by atoms with Crippen molar-refractivity contribution in [1.29, 1.82) is 0 Å². The summed E-state index contributed by atoms with van der Waals surface area (Å²) in [5, 5.41) is 16.6. The minimum Gasteiger partial charge on any atom is -0.497 e. The summed E-state index contributed by atoms with van der Waals surface area (Å²) in [6.45, 7) is 0.656. The van der Waals surface area contributed by atoms with Gasteiger partial charge in [0.05, 0.1) is 20.3 Å². The molecule has 10 heteroatoms. The van der Waals surface area contributed by atoms with Crippen LogP contribution in [0.25, 0.3) is 0 Å². The van der Waals surface area contributed by atoms with E-state index < -0.39 is 12.0 Å². The Bertz CT molecular complexity index is 1010. The van der Waals surface area contributed by atoms with Crippen LogP contribution in [0, 0.1) is 11.8 Å². The average Bonchev–Trinajstić information content (AvgIpc) is 3.36. The van der Waals surface area contributed by atoms with Gasteiger partial charge >= 0.3 is 6.09 Å². The minimum absolute atomic E-state index is 0.161. The van der Waals surface area contributed by atoms with Crippen LogP contribution >= 0.6 is 0 Å². The molecule has 1 aliphatic rings. The fraction of sp³-hybridized carbons (Fsp3) is 0.350.